The van der Waals surface area contributed by atoms with Crippen molar-refractivity contribution in [2.45, 2.75) is 19.9 Å². The van der Waals surface area contributed by atoms with E-state index in [1.165, 1.54) is 0 Å². The molecule has 1 amide bonds. The number of nitrogens with zero attached hydrogens (tertiary/aromatic N) is 2. The second-order valence-corrected chi connectivity index (χ2v) is 2.89. The van der Waals surface area contributed by atoms with Crippen molar-refractivity contribution in [1.82, 2.24) is 10.2 Å². The molecule has 0 bridgehead atoms. The van der Waals surface area contributed by atoms with Crippen LogP contribution < -0.4 is 11.1 Å². The lowest BCUT2D eigenvalue weighted by Crippen LogP contribution is -2.32. The summed E-state index contributed by atoms with van der Waals surface area (Å²) in [7, 11) is 0. The van der Waals surface area contributed by atoms with Gasteiger partial charge in [0.1, 0.15) is 11.9 Å². The minimum atomic E-state index is -0.434. The first-order chi connectivity index (χ1) is 6.09. The number of aryl methyl sites for hydroxylation is 1. The summed E-state index contributed by atoms with van der Waals surface area (Å²) in [5.74, 6) is 0.148. The number of amides is 1. The van der Waals surface area contributed by atoms with E-state index in [0.717, 1.165) is 5.56 Å². The van der Waals surface area contributed by atoms with Crippen molar-refractivity contribution in [2.75, 3.05) is 5.32 Å². The van der Waals surface area contributed by atoms with Gasteiger partial charge in [-0.15, -0.1) is 5.10 Å². The number of anilines is 1. The van der Waals surface area contributed by atoms with Crippen LogP contribution in [0.5, 0.6) is 0 Å². The predicted octanol–water partition coefficient (Wildman–Crippen LogP) is 0.0707. The molecule has 5 heteroatoms. The third-order valence-electron chi connectivity index (χ3n) is 1.58. The van der Waals surface area contributed by atoms with Crippen molar-refractivity contribution < 1.29 is 4.79 Å². The molecule has 0 saturated heterocycles. The molecule has 0 saturated carbocycles. The Bertz CT molecular complexity index is 313. The maximum absolute atomic E-state index is 10.7. The molecule has 0 radical (unpaired) electrons. The summed E-state index contributed by atoms with van der Waals surface area (Å²) >= 11 is 0. The topological polar surface area (TPSA) is 80.9 Å². The standard InChI is InChI=1S/C8H12N4O/c1-5-3-7(12-10-4-5)11-6(2)8(9)13/h3-4,6H,1-2H3,(H2,9,13)(H,11,12). The summed E-state index contributed by atoms with van der Waals surface area (Å²) in [6.07, 6.45) is 1.64. The van der Waals surface area contributed by atoms with E-state index in [0.29, 0.717) is 5.82 Å². The molecule has 0 fully saturated rings. The molecule has 0 spiro atoms. The Hall–Kier alpha value is -1.65. The van der Waals surface area contributed by atoms with Gasteiger partial charge < -0.3 is 11.1 Å². The van der Waals surface area contributed by atoms with Crippen LogP contribution in [0.25, 0.3) is 0 Å². The van der Waals surface area contributed by atoms with Crippen molar-refractivity contribution in [3.05, 3.63) is 17.8 Å². The van der Waals surface area contributed by atoms with Crippen molar-refractivity contribution in [2.24, 2.45) is 5.73 Å². The number of hydrogen-bond acceptors (Lipinski definition) is 4. The second kappa shape index (κ2) is 3.84. The molecule has 5 nitrogen and oxygen atoms in total. The predicted molar refractivity (Wildman–Crippen MR) is 49.0 cm³/mol. The number of carbonyl (C=O) groups is 1. The molecule has 0 aromatic carbocycles. The quantitative estimate of drug-likeness (QED) is 0.689. The highest BCUT2D eigenvalue weighted by Gasteiger charge is 2.08. The summed E-state index contributed by atoms with van der Waals surface area (Å²) < 4.78 is 0. The van der Waals surface area contributed by atoms with Gasteiger partial charge in [0.2, 0.25) is 5.91 Å². The molecule has 70 valence electrons. The van der Waals surface area contributed by atoms with Gasteiger partial charge in [-0.3, -0.25) is 4.79 Å². The van der Waals surface area contributed by atoms with E-state index in [4.69, 9.17) is 5.73 Å². The summed E-state index contributed by atoms with van der Waals surface area (Å²) in [4.78, 5) is 10.7. The highest BCUT2D eigenvalue weighted by Crippen LogP contribution is 2.04. The first kappa shape index (κ1) is 9.44. The first-order valence-corrected chi connectivity index (χ1v) is 3.95. The lowest BCUT2D eigenvalue weighted by molar-refractivity contribution is -0.118. The first-order valence-electron chi connectivity index (χ1n) is 3.95. The number of hydrogen-bond donors (Lipinski definition) is 2. The lowest BCUT2D eigenvalue weighted by atomic mass is 10.3. The normalized spacial score (nSPS) is 12.2. The largest absolute Gasteiger partial charge is 0.368 e. The zero-order valence-electron chi connectivity index (χ0n) is 7.61. The SMILES string of the molecule is Cc1cnnc(NC(C)C(N)=O)c1. The van der Waals surface area contributed by atoms with Crippen molar-refractivity contribution in [1.29, 1.82) is 0 Å². The second-order valence-electron chi connectivity index (χ2n) is 2.89. The van der Waals surface area contributed by atoms with E-state index in [-0.39, 0.29) is 0 Å². The smallest absolute Gasteiger partial charge is 0.239 e. The van der Waals surface area contributed by atoms with Crippen LogP contribution in [-0.4, -0.2) is 22.1 Å². The van der Waals surface area contributed by atoms with Gasteiger partial charge in [-0.1, -0.05) is 0 Å². The van der Waals surface area contributed by atoms with Crippen LogP contribution in [0.15, 0.2) is 12.3 Å². The molecule has 1 heterocycles. The van der Waals surface area contributed by atoms with Crippen LogP contribution >= 0.6 is 0 Å². The monoisotopic (exact) mass is 180 g/mol. The molecule has 13 heavy (non-hydrogen) atoms. The molecule has 0 aliphatic carbocycles. The van der Waals surface area contributed by atoms with E-state index >= 15 is 0 Å². The molecule has 1 atom stereocenters. The number of primary amides is 1. The van der Waals surface area contributed by atoms with Gasteiger partial charge in [-0.05, 0) is 25.5 Å². The Morgan fingerprint density at radius 2 is 2.38 bits per heavy atom. The van der Waals surface area contributed by atoms with E-state index in [1.54, 1.807) is 19.2 Å². The Kier molecular flexibility index (Phi) is 2.79. The highest BCUT2D eigenvalue weighted by molar-refractivity contribution is 5.82. The molecule has 1 aromatic heterocycles. The highest BCUT2D eigenvalue weighted by atomic mass is 16.1. The fourth-order valence-corrected chi connectivity index (χ4v) is 0.827. The van der Waals surface area contributed by atoms with Crippen LogP contribution in [-0.2, 0) is 4.79 Å². The lowest BCUT2D eigenvalue weighted by Gasteiger charge is -2.09. The van der Waals surface area contributed by atoms with E-state index in [1.807, 2.05) is 6.92 Å². The van der Waals surface area contributed by atoms with Crippen LogP contribution in [0.2, 0.25) is 0 Å². The Morgan fingerprint density at radius 3 is 2.92 bits per heavy atom. The van der Waals surface area contributed by atoms with E-state index < -0.39 is 11.9 Å². The molecule has 0 aliphatic heterocycles. The summed E-state index contributed by atoms with van der Waals surface area (Å²) in [6, 6.07) is 1.36. The average Bonchev–Trinajstić information content (AvgIpc) is 2.04. The Labute approximate surface area is 76.4 Å². The molecule has 1 unspecified atom stereocenters. The summed E-state index contributed by atoms with van der Waals surface area (Å²) in [5, 5.41) is 10.4. The maximum Gasteiger partial charge on any atom is 0.239 e. The maximum atomic E-state index is 10.7. The van der Waals surface area contributed by atoms with Crippen LogP contribution in [0, 0.1) is 6.92 Å². The minimum absolute atomic E-state index is 0.414. The molecule has 1 aromatic rings. The third-order valence-corrected chi connectivity index (χ3v) is 1.58. The third kappa shape index (κ3) is 2.70. The average molecular weight is 180 g/mol. The zero-order chi connectivity index (χ0) is 9.84. The Morgan fingerprint density at radius 1 is 1.69 bits per heavy atom. The molecular formula is C8H12N4O. The minimum Gasteiger partial charge on any atom is -0.368 e. The summed E-state index contributed by atoms with van der Waals surface area (Å²) in [6.45, 7) is 3.57. The fraction of sp³-hybridized carbons (Fsp3) is 0.375. The molecule has 1 rings (SSSR count). The molecular weight excluding hydrogens is 168 g/mol. The van der Waals surface area contributed by atoms with Gasteiger partial charge in [0.25, 0.3) is 0 Å². The van der Waals surface area contributed by atoms with E-state index in [2.05, 4.69) is 15.5 Å². The number of carbonyl (C=O) groups excluding carboxylic acids is 1. The van der Waals surface area contributed by atoms with E-state index in [9.17, 15) is 4.79 Å². The van der Waals surface area contributed by atoms with Crippen LogP contribution in [0.4, 0.5) is 5.82 Å². The van der Waals surface area contributed by atoms with Gasteiger partial charge in [0.05, 0.1) is 6.20 Å². The Balaban J connectivity index is 2.69. The van der Waals surface area contributed by atoms with Crippen molar-refractivity contribution in [3.63, 3.8) is 0 Å². The number of rotatable bonds is 3. The van der Waals surface area contributed by atoms with Gasteiger partial charge in [0, 0.05) is 0 Å². The van der Waals surface area contributed by atoms with Crippen molar-refractivity contribution in [3.8, 4) is 0 Å². The van der Waals surface area contributed by atoms with Crippen LogP contribution in [0.1, 0.15) is 12.5 Å². The number of aromatic nitrogens is 2. The number of nitrogens with two attached hydrogens (primary N) is 1. The molecule has 3 N–H and O–H groups in total. The zero-order valence-corrected chi connectivity index (χ0v) is 7.61. The van der Waals surface area contributed by atoms with Gasteiger partial charge in [0.15, 0.2) is 0 Å². The van der Waals surface area contributed by atoms with Gasteiger partial charge >= 0.3 is 0 Å². The summed E-state index contributed by atoms with van der Waals surface area (Å²) in [5.41, 5.74) is 6.05. The van der Waals surface area contributed by atoms with Gasteiger partial charge in [-0.25, -0.2) is 0 Å². The fourth-order valence-electron chi connectivity index (χ4n) is 0.827. The van der Waals surface area contributed by atoms with Gasteiger partial charge in [-0.2, -0.15) is 5.10 Å². The van der Waals surface area contributed by atoms with Crippen LogP contribution in [0.3, 0.4) is 0 Å². The molecule has 0 aliphatic rings. The van der Waals surface area contributed by atoms with Crippen molar-refractivity contribution >= 4 is 11.7 Å². The number of nitrogens with one attached hydrogen (secondary N) is 1.